The highest BCUT2D eigenvalue weighted by molar-refractivity contribution is 5.94. The van der Waals surface area contributed by atoms with Crippen LogP contribution >= 0.6 is 0 Å². The number of rotatable bonds is 4. The van der Waals surface area contributed by atoms with Gasteiger partial charge in [-0.25, -0.2) is 9.07 Å². The predicted octanol–water partition coefficient (Wildman–Crippen LogP) is 3.75. The molecule has 1 aliphatic heterocycles. The zero-order chi connectivity index (χ0) is 21.3. The van der Waals surface area contributed by atoms with Gasteiger partial charge in [0.1, 0.15) is 5.82 Å². The van der Waals surface area contributed by atoms with Gasteiger partial charge in [-0.2, -0.15) is 13.2 Å². The second-order valence-electron chi connectivity index (χ2n) is 6.92. The SMILES string of the molecule is O=C(c1nnn(-c2ccc(F)cc2)c1C(F)(F)F)N1CCC(Nc2ccccc2)C1. The van der Waals surface area contributed by atoms with Crippen LogP contribution in [0.15, 0.2) is 54.6 Å². The predicted molar refractivity (Wildman–Crippen MR) is 101 cm³/mol. The van der Waals surface area contributed by atoms with Crippen molar-refractivity contribution in [1.29, 1.82) is 0 Å². The van der Waals surface area contributed by atoms with Crippen LogP contribution in [0.4, 0.5) is 23.2 Å². The van der Waals surface area contributed by atoms with Crippen molar-refractivity contribution in [3.63, 3.8) is 0 Å². The molecule has 30 heavy (non-hydrogen) atoms. The lowest BCUT2D eigenvalue weighted by Crippen LogP contribution is -2.33. The summed E-state index contributed by atoms with van der Waals surface area (Å²) in [6.07, 6.45) is -4.28. The summed E-state index contributed by atoms with van der Waals surface area (Å²) in [6.45, 7) is 0.540. The normalized spacial score (nSPS) is 16.7. The number of para-hydroxylation sites is 1. The minimum atomic E-state index is -4.87. The van der Waals surface area contributed by atoms with E-state index in [4.69, 9.17) is 0 Å². The molecule has 1 atom stereocenters. The average Bonchev–Trinajstić information content (AvgIpc) is 3.36. The third-order valence-corrected chi connectivity index (χ3v) is 4.83. The van der Waals surface area contributed by atoms with Gasteiger partial charge < -0.3 is 10.2 Å². The Bertz CT molecular complexity index is 1030. The van der Waals surface area contributed by atoms with Crippen LogP contribution < -0.4 is 5.32 Å². The topological polar surface area (TPSA) is 63.1 Å². The highest BCUT2D eigenvalue weighted by Crippen LogP contribution is 2.33. The van der Waals surface area contributed by atoms with E-state index in [1.165, 1.54) is 4.90 Å². The van der Waals surface area contributed by atoms with Gasteiger partial charge in [0.15, 0.2) is 11.4 Å². The van der Waals surface area contributed by atoms with Gasteiger partial charge in [0.2, 0.25) is 0 Å². The molecule has 1 aliphatic rings. The van der Waals surface area contributed by atoms with E-state index in [1.54, 1.807) is 0 Å². The quantitative estimate of drug-likeness (QED) is 0.655. The van der Waals surface area contributed by atoms with Gasteiger partial charge in [-0.1, -0.05) is 23.4 Å². The van der Waals surface area contributed by atoms with E-state index < -0.39 is 29.3 Å². The molecule has 0 radical (unpaired) electrons. The van der Waals surface area contributed by atoms with Crippen LogP contribution in [0.1, 0.15) is 22.6 Å². The largest absolute Gasteiger partial charge is 0.435 e. The molecule has 6 nitrogen and oxygen atoms in total. The van der Waals surface area contributed by atoms with Gasteiger partial charge in [0.05, 0.1) is 5.69 Å². The summed E-state index contributed by atoms with van der Waals surface area (Å²) in [4.78, 5) is 14.2. The van der Waals surface area contributed by atoms with Gasteiger partial charge in [-0.3, -0.25) is 4.79 Å². The maximum atomic E-state index is 13.8. The lowest BCUT2D eigenvalue weighted by atomic mass is 10.2. The number of carbonyl (C=O) groups excluding carboxylic acids is 1. The maximum absolute atomic E-state index is 13.8. The number of hydrogen-bond donors (Lipinski definition) is 1. The molecule has 1 saturated heterocycles. The molecular weight excluding hydrogens is 402 g/mol. The van der Waals surface area contributed by atoms with Crippen molar-refractivity contribution in [2.45, 2.75) is 18.6 Å². The first-order valence-corrected chi connectivity index (χ1v) is 9.22. The Morgan fingerprint density at radius 1 is 1.07 bits per heavy atom. The first-order chi connectivity index (χ1) is 14.3. The summed E-state index contributed by atoms with van der Waals surface area (Å²) in [5, 5.41) is 10.3. The Kier molecular flexibility index (Phi) is 5.15. The number of anilines is 1. The summed E-state index contributed by atoms with van der Waals surface area (Å²) >= 11 is 0. The van der Waals surface area contributed by atoms with Gasteiger partial charge >= 0.3 is 6.18 Å². The molecule has 1 amide bonds. The van der Waals surface area contributed by atoms with Crippen LogP contribution in [-0.2, 0) is 6.18 Å². The molecule has 0 saturated carbocycles. The molecule has 10 heteroatoms. The van der Waals surface area contributed by atoms with Gasteiger partial charge in [-0.15, -0.1) is 5.10 Å². The number of hydrogen-bond acceptors (Lipinski definition) is 4. The molecule has 1 N–H and O–H groups in total. The Morgan fingerprint density at radius 3 is 2.43 bits per heavy atom. The fourth-order valence-electron chi connectivity index (χ4n) is 3.43. The van der Waals surface area contributed by atoms with Crippen molar-refractivity contribution in [3.05, 3.63) is 71.8 Å². The van der Waals surface area contributed by atoms with Crippen molar-refractivity contribution in [1.82, 2.24) is 19.9 Å². The van der Waals surface area contributed by atoms with E-state index >= 15 is 0 Å². The van der Waals surface area contributed by atoms with Gasteiger partial charge in [0.25, 0.3) is 5.91 Å². The molecule has 0 aliphatic carbocycles. The van der Waals surface area contributed by atoms with E-state index in [0.717, 1.165) is 30.0 Å². The second-order valence-corrected chi connectivity index (χ2v) is 6.92. The van der Waals surface area contributed by atoms with E-state index in [2.05, 4.69) is 15.6 Å². The lowest BCUT2D eigenvalue weighted by molar-refractivity contribution is -0.143. The molecular formula is C20H17F4N5O. The van der Waals surface area contributed by atoms with Crippen LogP contribution in [0.5, 0.6) is 0 Å². The zero-order valence-corrected chi connectivity index (χ0v) is 15.6. The minimum absolute atomic E-state index is 0.0414. The van der Waals surface area contributed by atoms with Crippen LogP contribution in [0.3, 0.4) is 0 Å². The third-order valence-electron chi connectivity index (χ3n) is 4.83. The lowest BCUT2D eigenvalue weighted by Gasteiger charge is -2.18. The molecule has 0 bridgehead atoms. The molecule has 1 aromatic heterocycles. The number of aromatic nitrogens is 3. The monoisotopic (exact) mass is 419 g/mol. The van der Waals surface area contributed by atoms with Gasteiger partial charge in [-0.05, 0) is 42.8 Å². The number of amides is 1. The first-order valence-electron chi connectivity index (χ1n) is 9.22. The fraction of sp³-hybridized carbons (Fsp3) is 0.250. The van der Waals surface area contributed by atoms with Gasteiger partial charge in [0, 0.05) is 24.8 Å². The van der Waals surface area contributed by atoms with Crippen molar-refractivity contribution >= 4 is 11.6 Å². The summed E-state index contributed by atoms with van der Waals surface area (Å²) in [6, 6.07) is 13.6. The molecule has 3 aromatic rings. The van der Waals surface area contributed by atoms with E-state index in [1.807, 2.05) is 30.3 Å². The second kappa shape index (κ2) is 7.77. The molecule has 4 rings (SSSR count). The molecule has 156 valence electrons. The molecule has 1 fully saturated rings. The number of alkyl halides is 3. The molecule has 2 heterocycles. The molecule has 0 spiro atoms. The summed E-state index contributed by atoms with van der Waals surface area (Å²) in [5.41, 5.74) is -1.22. The Labute approximate surface area is 169 Å². The van der Waals surface area contributed by atoms with E-state index in [0.29, 0.717) is 17.6 Å². The minimum Gasteiger partial charge on any atom is -0.380 e. The number of carbonyl (C=O) groups is 1. The number of nitrogens with one attached hydrogen (secondary N) is 1. The average molecular weight is 419 g/mol. The van der Waals surface area contributed by atoms with Crippen molar-refractivity contribution in [2.75, 3.05) is 18.4 Å². The summed E-state index contributed by atoms with van der Waals surface area (Å²) < 4.78 is 54.9. The number of benzene rings is 2. The summed E-state index contributed by atoms with van der Waals surface area (Å²) in [7, 11) is 0. The standard InChI is InChI=1S/C20H17F4N5O/c21-13-6-8-16(9-7-13)29-18(20(22,23)24)17(26-27-29)19(30)28-11-10-15(12-28)25-14-4-2-1-3-5-14/h1-9,15,25H,10-12H2. The van der Waals surface area contributed by atoms with E-state index in [-0.39, 0.29) is 18.3 Å². The van der Waals surface area contributed by atoms with Crippen LogP contribution in [0.25, 0.3) is 5.69 Å². The van der Waals surface area contributed by atoms with E-state index in [9.17, 15) is 22.4 Å². The maximum Gasteiger partial charge on any atom is 0.435 e. The summed E-state index contributed by atoms with van der Waals surface area (Å²) in [5.74, 6) is -1.44. The molecule has 2 aromatic carbocycles. The third kappa shape index (κ3) is 3.98. The number of halogens is 4. The van der Waals surface area contributed by atoms with Crippen LogP contribution in [0, 0.1) is 5.82 Å². The zero-order valence-electron chi connectivity index (χ0n) is 15.6. The fourth-order valence-corrected chi connectivity index (χ4v) is 3.43. The number of likely N-dealkylation sites (tertiary alicyclic amines) is 1. The smallest absolute Gasteiger partial charge is 0.380 e. The van der Waals surface area contributed by atoms with Crippen LogP contribution in [-0.4, -0.2) is 44.9 Å². The Balaban J connectivity index is 1.58. The first kappa shape index (κ1) is 19.9. The van der Waals surface area contributed by atoms with Crippen molar-refractivity contribution in [3.8, 4) is 5.69 Å². The highest BCUT2D eigenvalue weighted by Gasteiger charge is 2.43. The Morgan fingerprint density at radius 2 is 1.77 bits per heavy atom. The van der Waals surface area contributed by atoms with Crippen molar-refractivity contribution in [2.24, 2.45) is 0 Å². The molecule has 1 unspecified atom stereocenters. The highest BCUT2D eigenvalue weighted by atomic mass is 19.4. The van der Waals surface area contributed by atoms with Crippen molar-refractivity contribution < 1.29 is 22.4 Å². The number of nitrogens with zero attached hydrogens (tertiary/aromatic N) is 4. The Hall–Kier alpha value is -3.43. The van der Waals surface area contributed by atoms with Crippen LogP contribution in [0.2, 0.25) is 0 Å².